The Morgan fingerprint density at radius 2 is 1.74 bits per heavy atom. The van der Waals surface area contributed by atoms with Crippen molar-refractivity contribution in [2.45, 2.75) is 25.9 Å². The molecule has 0 fully saturated rings. The molecule has 1 amide bonds. The van der Waals surface area contributed by atoms with Crippen LogP contribution in [0.1, 0.15) is 38.2 Å². The molecule has 0 spiro atoms. The van der Waals surface area contributed by atoms with E-state index in [0.29, 0.717) is 0 Å². The zero-order valence-corrected chi connectivity index (χ0v) is 14.8. The van der Waals surface area contributed by atoms with E-state index in [-0.39, 0.29) is 23.5 Å². The van der Waals surface area contributed by atoms with Crippen molar-refractivity contribution in [3.63, 3.8) is 0 Å². The molecule has 1 N–H and O–H groups in total. The number of halogens is 5. The molecule has 0 saturated heterocycles. The summed E-state index contributed by atoms with van der Waals surface area (Å²) in [6, 6.07) is 6.11. The van der Waals surface area contributed by atoms with Crippen molar-refractivity contribution in [1.29, 1.82) is 0 Å². The number of carbonyl (C=O) groups excluding carboxylic acids is 2. The van der Waals surface area contributed by atoms with Crippen molar-refractivity contribution < 1.29 is 36.3 Å². The third-order valence-corrected chi connectivity index (χ3v) is 4.23. The number of alkyl halides is 5. The van der Waals surface area contributed by atoms with Gasteiger partial charge in [0.1, 0.15) is 10.6 Å². The molecule has 1 aromatic carbocycles. The molecule has 2 rings (SSSR count). The summed E-state index contributed by atoms with van der Waals surface area (Å²) >= 11 is 0.179. The molecule has 0 radical (unpaired) electrons. The second kappa shape index (κ2) is 7.59. The van der Waals surface area contributed by atoms with Gasteiger partial charge in [0.25, 0.3) is 5.91 Å². The standard InChI is InChI=1S/C16H13F5N2O3S/c1-3-26-13(25)10-11(15(17,18)16(19,20)21)22-14(27-10)23-12(24)9-6-4-8(2)5-7-9/h4-7H,3H2,1-2H3,(H,22,23,24). The molecule has 5 nitrogen and oxygen atoms in total. The summed E-state index contributed by atoms with van der Waals surface area (Å²) in [6.07, 6.45) is -5.97. The van der Waals surface area contributed by atoms with E-state index < -0.39 is 39.7 Å². The summed E-state index contributed by atoms with van der Waals surface area (Å²) in [5.74, 6) is -7.55. The Morgan fingerprint density at radius 3 is 2.26 bits per heavy atom. The molecule has 27 heavy (non-hydrogen) atoms. The van der Waals surface area contributed by atoms with Gasteiger partial charge in [-0.1, -0.05) is 29.0 Å². The van der Waals surface area contributed by atoms with Crippen molar-refractivity contribution in [3.05, 3.63) is 46.0 Å². The van der Waals surface area contributed by atoms with Crippen LogP contribution in [0.25, 0.3) is 0 Å². The zero-order chi connectivity index (χ0) is 20.4. The number of rotatable bonds is 5. The average molecular weight is 408 g/mol. The molecular formula is C16H13F5N2O3S. The molecule has 0 aliphatic rings. The first-order valence-electron chi connectivity index (χ1n) is 7.48. The highest BCUT2D eigenvalue weighted by molar-refractivity contribution is 7.17. The number of nitrogens with zero attached hydrogens (tertiary/aromatic N) is 1. The molecule has 0 saturated carbocycles. The molecule has 0 unspecified atom stereocenters. The number of ether oxygens (including phenoxy) is 1. The van der Waals surface area contributed by atoms with Gasteiger partial charge in [0.05, 0.1) is 6.61 Å². The van der Waals surface area contributed by atoms with Crippen LogP contribution in [-0.2, 0) is 10.7 Å². The van der Waals surface area contributed by atoms with Gasteiger partial charge in [-0.25, -0.2) is 9.78 Å². The second-order valence-electron chi connectivity index (χ2n) is 5.31. The van der Waals surface area contributed by atoms with Crippen LogP contribution in [-0.4, -0.2) is 29.6 Å². The zero-order valence-electron chi connectivity index (χ0n) is 14.0. The summed E-state index contributed by atoms with van der Waals surface area (Å²) in [7, 11) is 0. The predicted octanol–water partition coefficient (Wildman–Crippen LogP) is 4.53. The Labute approximate surface area is 154 Å². The lowest BCUT2D eigenvalue weighted by Gasteiger charge is -2.18. The molecule has 0 aliphatic heterocycles. The highest BCUT2D eigenvalue weighted by Crippen LogP contribution is 2.46. The van der Waals surface area contributed by atoms with E-state index >= 15 is 0 Å². The van der Waals surface area contributed by atoms with E-state index in [0.717, 1.165) is 5.56 Å². The largest absolute Gasteiger partial charge is 0.462 e. The number of esters is 1. The van der Waals surface area contributed by atoms with Crippen LogP contribution in [0.5, 0.6) is 0 Å². The van der Waals surface area contributed by atoms with Crippen LogP contribution in [0.15, 0.2) is 24.3 Å². The number of amides is 1. The van der Waals surface area contributed by atoms with E-state index in [9.17, 15) is 31.5 Å². The monoisotopic (exact) mass is 408 g/mol. The van der Waals surface area contributed by atoms with Crippen molar-refractivity contribution in [2.24, 2.45) is 0 Å². The highest BCUT2D eigenvalue weighted by atomic mass is 32.1. The van der Waals surface area contributed by atoms with Crippen LogP contribution < -0.4 is 5.32 Å². The molecular weight excluding hydrogens is 395 g/mol. The fraction of sp³-hybridized carbons (Fsp3) is 0.312. The van der Waals surface area contributed by atoms with Gasteiger partial charge in [-0.2, -0.15) is 22.0 Å². The maximum atomic E-state index is 13.7. The number of carbonyl (C=O) groups is 2. The predicted molar refractivity (Wildman–Crippen MR) is 87.2 cm³/mol. The normalized spacial score (nSPS) is 12.0. The maximum absolute atomic E-state index is 13.7. The SMILES string of the molecule is CCOC(=O)c1sc(NC(=O)c2ccc(C)cc2)nc1C(F)(F)C(F)(F)F. The third kappa shape index (κ3) is 4.41. The lowest BCUT2D eigenvalue weighted by Crippen LogP contribution is -2.35. The van der Waals surface area contributed by atoms with E-state index in [4.69, 9.17) is 0 Å². The van der Waals surface area contributed by atoms with Gasteiger partial charge in [-0.15, -0.1) is 0 Å². The first kappa shape index (κ1) is 20.7. The van der Waals surface area contributed by atoms with E-state index in [2.05, 4.69) is 15.0 Å². The van der Waals surface area contributed by atoms with Crippen molar-refractivity contribution in [1.82, 2.24) is 4.98 Å². The second-order valence-corrected chi connectivity index (χ2v) is 6.31. The Bertz CT molecular complexity index is 847. The Balaban J connectivity index is 2.41. The minimum absolute atomic E-state index is 0.137. The fourth-order valence-corrected chi connectivity index (χ4v) is 2.82. The first-order chi connectivity index (χ1) is 12.5. The van der Waals surface area contributed by atoms with Crippen LogP contribution >= 0.6 is 11.3 Å². The summed E-state index contributed by atoms with van der Waals surface area (Å²) in [5, 5.41) is 1.54. The Morgan fingerprint density at radius 1 is 1.15 bits per heavy atom. The van der Waals surface area contributed by atoms with Gasteiger partial charge in [0.15, 0.2) is 5.13 Å². The summed E-state index contributed by atoms with van der Waals surface area (Å²) in [5.41, 5.74) is -0.812. The van der Waals surface area contributed by atoms with E-state index in [1.807, 2.05) is 0 Å². The molecule has 1 heterocycles. The van der Waals surface area contributed by atoms with Crippen molar-refractivity contribution >= 4 is 28.3 Å². The summed E-state index contributed by atoms with van der Waals surface area (Å²) in [6.45, 7) is 2.90. The van der Waals surface area contributed by atoms with Crippen LogP contribution in [0.3, 0.4) is 0 Å². The Hall–Kier alpha value is -2.56. The quantitative estimate of drug-likeness (QED) is 0.583. The Kier molecular flexibility index (Phi) is 5.83. The average Bonchev–Trinajstić information content (AvgIpc) is 2.99. The molecule has 0 aliphatic carbocycles. The van der Waals surface area contributed by atoms with Crippen LogP contribution in [0, 0.1) is 6.92 Å². The summed E-state index contributed by atoms with van der Waals surface area (Å²) in [4.78, 5) is 26.0. The van der Waals surface area contributed by atoms with Gasteiger partial charge in [0.2, 0.25) is 0 Å². The number of anilines is 1. The number of hydrogen-bond donors (Lipinski definition) is 1. The summed E-state index contributed by atoms with van der Waals surface area (Å²) < 4.78 is 70.1. The van der Waals surface area contributed by atoms with Crippen molar-refractivity contribution in [2.75, 3.05) is 11.9 Å². The van der Waals surface area contributed by atoms with Gasteiger partial charge in [0, 0.05) is 5.56 Å². The van der Waals surface area contributed by atoms with Gasteiger partial charge in [-0.05, 0) is 26.0 Å². The molecule has 0 bridgehead atoms. The molecule has 11 heteroatoms. The third-order valence-electron chi connectivity index (χ3n) is 3.28. The topological polar surface area (TPSA) is 68.3 Å². The van der Waals surface area contributed by atoms with E-state index in [1.54, 1.807) is 19.1 Å². The number of aryl methyl sites for hydroxylation is 1. The number of nitrogens with one attached hydrogen (secondary N) is 1. The lowest BCUT2D eigenvalue weighted by molar-refractivity contribution is -0.290. The van der Waals surface area contributed by atoms with Gasteiger partial charge in [-0.3, -0.25) is 10.1 Å². The molecule has 146 valence electrons. The van der Waals surface area contributed by atoms with E-state index in [1.165, 1.54) is 19.1 Å². The van der Waals surface area contributed by atoms with Gasteiger partial charge >= 0.3 is 18.1 Å². The van der Waals surface area contributed by atoms with Crippen molar-refractivity contribution in [3.8, 4) is 0 Å². The minimum atomic E-state index is -5.97. The van der Waals surface area contributed by atoms with Crippen LogP contribution in [0.2, 0.25) is 0 Å². The minimum Gasteiger partial charge on any atom is -0.462 e. The molecule has 1 aromatic heterocycles. The fourth-order valence-electron chi connectivity index (χ4n) is 1.93. The molecule has 2 aromatic rings. The maximum Gasteiger partial charge on any atom is 0.459 e. The number of aromatic nitrogens is 1. The van der Waals surface area contributed by atoms with Gasteiger partial charge < -0.3 is 4.74 Å². The van der Waals surface area contributed by atoms with Crippen LogP contribution in [0.4, 0.5) is 27.1 Å². The number of benzene rings is 1. The smallest absolute Gasteiger partial charge is 0.459 e. The first-order valence-corrected chi connectivity index (χ1v) is 8.30. The highest BCUT2D eigenvalue weighted by Gasteiger charge is 2.62. The number of hydrogen-bond acceptors (Lipinski definition) is 5. The lowest BCUT2D eigenvalue weighted by atomic mass is 10.1. The number of thiazole rings is 1. The molecule has 0 atom stereocenters.